The maximum atomic E-state index is 12.1. The van der Waals surface area contributed by atoms with Crippen molar-refractivity contribution in [3.05, 3.63) is 24.3 Å². The molecule has 0 amide bonds. The third-order valence-electron chi connectivity index (χ3n) is 4.73. The predicted molar refractivity (Wildman–Crippen MR) is 112 cm³/mol. The lowest BCUT2D eigenvalue weighted by Gasteiger charge is -2.28. The highest BCUT2D eigenvalue weighted by molar-refractivity contribution is 5.85. The van der Waals surface area contributed by atoms with Gasteiger partial charge >= 0.3 is 23.9 Å². The van der Waals surface area contributed by atoms with E-state index in [9.17, 15) is 19.2 Å². The lowest BCUT2D eigenvalue weighted by Crippen LogP contribution is -2.35. The van der Waals surface area contributed by atoms with E-state index in [1.165, 1.54) is 13.8 Å². The summed E-state index contributed by atoms with van der Waals surface area (Å²) in [6, 6.07) is 0. The van der Waals surface area contributed by atoms with Gasteiger partial charge in [0.15, 0.2) is 0 Å². The highest BCUT2D eigenvalue weighted by atomic mass is 16.6. The molecule has 10 nitrogen and oxygen atoms in total. The van der Waals surface area contributed by atoms with Crippen molar-refractivity contribution < 1.29 is 48.3 Å². The maximum absolute atomic E-state index is 12.1. The van der Waals surface area contributed by atoms with Gasteiger partial charge in [0.1, 0.15) is 25.4 Å². The maximum Gasteiger partial charge on any atom is 0.330 e. The summed E-state index contributed by atoms with van der Waals surface area (Å²) >= 11 is 0. The van der Waals surface area contributed by atoms with Gasteiger partial charge in [-0.1, -0.05) is 26.0 Å². The van der Waals surface area contributed by atoms with E-state index in [1.54, 1.807) is 0 Å². The molecule has 32 heavy (non-hydrogen) atoms. The first kappa shape index (κ1) is 27.3. The van der Waals surface area contributed by atoms with Crippen LogP contribution < -0.4 is 0 Å². The molecule has 3 fully saturated rings. The molecular formula is C22H32O10. The Morgan fingerprint density at radius 1 is 0.781 bits per heavy atom. The van der Waals surface area contributed by atoms with Crippen molar-refractivity contribution in [2.45, 2.75) is 51.7 Å². The molecule has 4 unspecified atom stereocenters. The standard InChI is InChI=1S/C14H20O6.2C4H6O2/c15-13(19-7-9-5-17-9)11-3-1-2-4-12(11)14(16)20-8-10-6-18-10;2*1-3(2)4(5)6/h9-12H,1-8H2;2*1H2,2H3,(H,5,6). The van der Waals surface area contributed by atoms with Crippen molar-refractivity contribution in [1.82, 2.24) is 0 Å². The molecule has 180 valence electrons. The molecule has 2 heterocycles. The van der Waals surface area contributed by atoms with Crippen molar-refractivity contribution in [1.29, 1.82) is 0 Å². The topological polar surface area (TPSA) is 152 Å². The van der Waals surface area contributed by atoms with Gasteiger partial charge in [-0.05, 0) is 26.7 Å². The number of ether oxygens (including phenoxy) is 4. The molecule has 0 aromatic carbocycles. The monoisotopic (exact) mass is 456 g/mol. The van der Waals surface area contributed by atoms with Crippen LogP contribution in [0.25, 0.3) is 0 Å². The summed E-state index contributed by atoms with van der Waals surface area (Å²) in [5, 5.41) is 15.8. The summed E-state index contributed by atoms with van der Waals surface area (Å²) in [6.45, 7) is 11.1. The average Bonchev–Trinajstić information content (AvgIpc) is 3.66. The number of carboxylic acids is 2. The van der Waals surface area contributed by atoms with E-state index >= 15 is 0 Å². The first-order chi connectivity index (χ1) is 15.0. The van der Waals surface area contributed by atoms with Crippen molar-refractivity contribution in [2.24, 2.45) is 11.8 Å². The number of carbonyl (C=O) groups is 4. The molecule has 1 aliphatic carbocycles. The fraction of sp³-hybridized carbons (Fsp3) is 0.636. The molecule has 0 bridgehead atoms. The van der Waals surface area contributed by atoms with Crippen LogP contribution in [-0.2, 0) is 38.1 Å². The lowest BCUT2D eigenvalue weighted by atomic mass is 9.79. The fourth-order valence-corrected chi connectivity index (χ4v) is 2.59. The summed E-state index contributed by atoms with van der Waals surface area (Å²) in [5.74, 6) is -3.18. The number of hydrogen-bond donors (Lipinski definition) is 2. The van der Waals surface area contributed by atoms with Gasteiger partial charge in [0.25, 0.3) is 0 Å². The molecule has 2 aliphatic heterocycles. The third kappa shape index (κ3) is 11.6. The quantitative estimate of drug-likeness (QED) is 0.315. The van der Waals surface area contributed by atoms with Gasteiger partial charge < -0.3 is 29.2 Å². The highest BCUT2D eigenvalue weighted by Crippen LogP contribution is 2.32. The second kappa shape index (κ2) is 13.6. The van der Waals surface area contributed by atoms with Crippen molar-refractivity contribution in [3.8, 4) is 0 Å². The molecule has 3 rings (SSSR count). The second-order valence-electron chi connectivity index (χ2n) is 7.84. The van der Waals surface area contributed by atoms with Crippen LogP contribution in [0.1, 0.15) is 39.5 Å². The van der Waals surface area contributed by atoms with Crippen LogP contribution in [0.5, 0.6) is 0 Å². The molecular weight excluding hydrogens is 424 g/mol. The summed E-state index contributed by atoms with van der Waals surface area (Å²) in [6.07, 6.45) is 3.42. The summed E-state index contributed by atoms with van der Waals surface area (Å²) in [7, 11) is 0. The zero-order valence-electron chi connectivity index (χ0n) is 18.5. The normalized spacial score (nSPS) is 24.8. The van der Waals surface area contributed by atoms with E-state index < -0.39 is 11.9 Å². The molecule has 0 aromatic heterocycles. The van der Waals surface area contributed by atoms with Gasteiger partial charge in [-0.3, -0.25) is 9.59 Å². The Balaban J connectivity index is 0.000000355. The average molecular weight is 456 g/mol. The summed E-state index contributed by atoms with van der Waals surface area (Å²) in [4.78, 5) is 43.4. The predicted octanol–water partition coefficient (Wildman–Crippen LogP) is 1.97. The Labute approximate surface area is 187 Å². The molecule has 0 radical (unpaired) electrons. The summed E-state index contributed by atoms with van der Waals surface area (Å²) in [5.41, 5.74) is 0.352. The van der Waals surface area contributed by atoms with Gasteiger partial charge in [0.05, 0.1) is 25.0 Å². The number of aliphatic carboxylic acids is 2. The van der Waals surface area contributed by atoms with Crippen LogP contribution in [0.4, 0.5) is 0 Å². The van der Waals surface area contributed by atoms with Crippen molar-refractivity contribution in [2.75, 3.05) is 26.4 Å². The van der Waals surface area contributed by atoms with Crippen LogP contribution in [0.3, 0.4) is 0 Å². The smallest absolute Gasteiger partial charge is 0.330 e. The molecule has 4 atom stereocenters. The Bertz CT molecular complexity index is 622. The first-order valence-corrected chi connectivity index (χ1v) is 10.4. The first-order valence-electron chi connectivity index (χ1n) is 10.4. The van der Waals surface area contributed by atoms with Gasteiger partial charge in [0.2, 0.25) is 0 Å². The summed E-state index contributed by atoms with van der Waals surface area (Å²) < 4.78 is 20.5. The lowest BCUT2D eigenvalue weighted by molar-refractivity contribution is -0.163. The van der Waals surface area contributed by atoms with Crippen LogP contribution in [0.15, 0.2) is 24.3 Å². The minimum Gasteiger partial charge on any atom is -0.478 e. The van der Waals surface area contributed by atoms with E-state index in [2.05, 4.69) is 13.2 Å². The molecule has 0 aromatic rings. The number of carbonyl (C=O) groups excluding carboxylic acids is 2. The SMILES string of the molecule is C=C(C)C(=O)O.C=C(C)C(=O)O.O=C(OCC1CO1)C1CCCCC1C(=O)OCC1CO1. The fourth-order valence-electron chi connectivity index (χ4n) is 2.59. The van der Waals surface area contributed by atoms with Gasteiger partial charge in [-0.15, -0.1) is 0 Å². The van der Waals surface area contributed by atoms with Crippen molar-refractivity contribution in [3.63, 3.8) is 0 Å². The van der Waals surface area contributed by atoms with E-state index in [0.717, 1.165) is 12.8 Å². The minimum atomic E-state index is -0.935. The zero-order valence-corrected chi connectivity index (χ0v) is 18.5. The van der Waals surface area contributed by atoms with Gasteiger partial charge in [-0.25, -0.2) is 9.59 Å². The molecule has 3 aliphatic rings. The van der Waals surface area contributed by atoms with Crippen LogP contribution in [-0.4, -0.2) is 72.7 Å². The molecule has 2 saturated heterocycles. The van der Waals surface area contributed by atoms with E-state index in [-0.39, 0.29) is 47.1 Å². The molecule has 0 spiro atoms. The largest absolute Gasteiger partial charge is 0.478 e. The Kier molecular flexibility index (Phi) is 11.6. The van der Waals surface area contributed by atoms with Crippen LogP contribution >= 0.6 is 0 Å². The molecule has 2 N–H and O–H groups in total. The van der Waals surface area contributed by atoms with Gasteiger partial charge in [-0.2, -0.15) is 0 Å². The van der Waals surface area contributed by atoms with E-state index in [0.29, 0.717) is 39.3 Å². The minimum absolute atomic E-state index is 0.0555. The Morgan fingerprint density at radius 2 is 1.06 bits per heavy atom. The number of epoxide rings is 2. The van der Waals surface area contributed by atoms with Crippen molar-refractivity contribution >= 4 is 23.9 Å². The van der Waals surface area contributed by atoms with E-state index in [1.807, 2.05) is 0 Å². The molecule has 1 saturated carbocycles. The Hall–Kier alpha value is -2.72. The number of rotatable bonds is 8. The second-order valence-corrected chi connectivity index (χ2v) is 7.84. The third-order valence-corrected chi connectivity index (χ3v) is 4.73. The zero-order chi connectivity index (χ0) is 24.3. The number of esters is 2. The highest BCUT2D eigenvalue weighted by Gasteiger charge is 2.39. The van der Waals surface area contributed by atoms with Crippen LogP contribution in [0, 0.1) is 11.8 Å². The van der Waals surface area contributed by atoms with Gasteiger partial charge in [0, 0.05) is 11.1 Å². The number of carboxylic acid groups (broad SMARTS) is 2. The van der Waals surface area contributed by atoms with E-state index in [4.69, 9.17) is 29.2 Å². The van der Waals surface area contributed by atoms with Crippen LogP contribution in [0.2, 0.25) is 0 Å². The molecule has 10 heteroatoms. The number of hydrogen-bond acceptors (Lipinski definition) is 8. The Morgan fingerprint density at radius 3 is 1.28 bits per heavy atom.